The average molecular weight is 368 g/mol. The van der Waals surface area contributed by atoms with Gasteiger partial charge in [-0.25, -0.2) is 9.89 Å². The second-order valence-electron chi connectivity index (χ2n) is 5.91. The molecule has 9 heteroatoms. The van der Waals surface area contributed by atoms with Gasteiger partial charge < -0.3 is 4.74 Å². The van der Waals surface area contributed by atoms with Gasteiger partial charge >= 0.3 is 5.97 Å². The van der Waals surface area contributed by atoms with E-state index in [-0.39, 0.29) is 5.97 Å². The Morgan fingerprint density at radius 1 is 1.27 bits per heavy atom. The van der Waals surface area contributed by atoms with Gasteiger partial charge in [0.15, 0.2) is 0 Å². The van der Waals surface area contributed by atoms with Crippen LogP contribution in [0.4, 0.5) is 0 Å². The van der Waals surface area contributed by atoms with Crippen LogP contribution in [0.25, 0.3) is 11.5 Å². The van der Waals surface area contributed by atoms with Gasteiger partial charge in [-0.3, -0.25) is 5.10 Å². The fraction of sp³-hybridized carbons (Fsp3) is 0.235. The third-order valence-corrected chi connectivity index (χ3v) is 4.59. The maximum atomic E-state index is 11.5. The van der Waals surface area contributed by atoms with Gasteiger partial charge in [0.25, 0.3) is 0 Å². The minimum absolute atomic E-state index is 0.375. The molecular formula is C17H16N6O2S. The molecule has 1 aliphatic carbocycles. The lowest BCUT2D eigenvalue weighted by Gasteiger charge is -2.01. The minimum atomic E-state index is -0.375. The third-order valence-electron chi connectivity index (χ3n) is 4.32. The van der Waals surface area contributed by atoms with E-state index in [9.17, 15) is 4.79 Å². The molecule has 0 fully saturated rings. The van der Waals surface area contributed by atoms with Crippen molar-refractivity contribution in [2.24, 2.45) is 5.10 Å². The second-order valence-corrected chi connectivity index (χ2v) is 6.29. The Balaban J connectivity index is 1.65. The van der Waals surface area contributed by atoms with Crippen LogP contribution in [-0.2, 0) is 17.6 Å². The van der Waals surface area contributed by atoms with Crippen LogP contribution in [0.5, 0.6) is 0 Å². The quantitative estimate of drug-likeness (QED) is 0.419. The van der Waals surface area contributed by atoms with Crippen LogP contribution in [0, 0.1) is 4.77 Å². The van der Waals surface area contributed by atoms with Crippen molar-refractivity contribution >= 4 is 24.4 Å². The van der Waals surface area contributed by atoms with Gasteiger partial charge in [0.1, 0.15) is 5.69 Å². The van der Waals surface area contributed by atoms with Crippen LogP contribution in [-0.4, -0.2) is 44.4 Å². The molecule has 0 radical (unpaired) electrons. The monoisotopic (exact) mass is 368 g/mol. The van der Waals surface area contributed by atoms with Gasteiger partial charge in [-0.1, -0.05) is 12.1 Å². The van der Waals surface area contributed by atoms with Crippen LogP contribution in [0.2, 0.25) is 0 Å². The van der Waals surface area contributed by atoms with E-state index >= 15 is 0 Å². The highest BCUT2D eigenvalue weighted by atomic mass is 32.1. The molecule has 1 aliphatic rings. The second kappa shape index (κ2) is 6.68. The summed E-state index contributed by atoms with van der Waals surface area (Å²) in [6.07, 6.45) is 4.74. The summed E-state index contributed by atoms with van der Waals surface area (Å²) in [7, 11) is 1.35. The zero-order valence-electron chi connectivity index (χ0n) is 14.0. The summed E-state index contributed by atoms with van der Waals surface area (Å²) < 4.78 is 6.63. The molecule has 2 heterocycles. The van der Waals surface area contributed by atoms with Crippen molar-refractivity contribution in [2.75, 3.05) is 7.11 Å². The molecule has 4 rings (SSSR count). The van der Waals surface area contributed by atoms with Crippen molar-refractivity contribution < 1.29 is 9.53 Å². The van der Waals surface area contributed by atoms with E-state index in [0.717, 1.165) is 36.2 Å². The van der Waals surface area contributed by atoms with Crippen LogP contribution in [0.15, 0.2) is 29.4 Å². The van der Waals surface area contributed by atoms with E-state index in [1.54, 1.807) is 35.2 Å². The molecule has 0 saturated carbocycles. The fourth-order valence-corrected chi connectivity index (χ4v) is 3.18. The van der Waals surface area contributed by atoms with E-state index in [4.69, 9.17) is 17.0 Å². The summed E-state index contributed by atoms with van der Waals surface area (Å²) in [6, 6.07) is 6.93. The van der Waals surface area contributed by atoms with Crippen molar-refractivity contribution in [3.05, 3.63) is 51.4 Å². The molecule has 0 spiro atoms. The third kappa shape index (κ3) is 2.86. The molecular weight excluding hydrogens is 352 g/mol. The highest BCUT2D eigenvalue weighted by molar-refractivity contribution is 7.71. The Kier molecular flexibility index (Phi) is 4.21. The predicted molar refractivity (Wildman–Crippen MR) is 97.8 cm³/mol. The van der Waals surface area contributed by atoms with E-state index < -0.39 is 0 Å². The first kappa shape index (κ1) is 16.4. The number of methoxy groups -OCH3 is 1. The summed E-state index contributed by atoms with van der Waals surface area (Å²) in [6.45, 7) is 0. The summed E-state index contributed by atoms with van der Waals surface area (Å²) in [4.78, 5) is 11.5. The Morgan fingerprint density at radius 3 is 2.85 bits per heavy atom. The van der Waals surface area contributed by atoms with Gasteiger partial charge in [-0.2, -0.15) is 20.0 Å². The number of fused-ring (bicyclic) bond motifs is 1. The van der Waals surface area contributed by atoms with Crippen molar-refractivity contribution in [1.82, 2.24) is 25.1 Å². The highest BCUT2D eigenvalue weighted by Gasteiger charge is 2.23. The molecule has 0 bridgehead atoms. The molecule has 0 unspecified atom stereocenters. The number of ether oxygens (including phenoxy) is 1. The minimum Gasteiger partial charge on any atom is -0.465 e. The number of aromatic amines is 2. The van der Waals surface area contributed by atoms with Gasteiger partial charge in [0, 0.05) is 11.3 Å². The lowest BCUT2D eigenvalue weighted by molar-refractivity contribution is 0.0600. The summed E-state index contributed by atoms with van der Waals surface area (Å²) in [5.74, 6) is 0.206. The SMILES string of the molecule is COC(=O)c1ccc(C=Nn2c(-c3n[nH]c4c3CCC4)n[nH]c2=S)cc1. The molecule has 1 aromatic carbocycles. The number of H-pyrrole nitrogens is 2. The molecule has 3 aromatic rings. The molecule has 2 N–H and O–H groups in total. The van der Waals surface area contributed by atoms with Gasteiger partial charge in [-0.05, 0) is 49.2 Å². The number of aromatic nitrogens is 5. The van der Waals surface area contributed by atoms with Crippen LogP contribution in [0.1, 0.15) is 33.6 Å². The Bertz CT molecular complexity index is 1040. The number of rotatable bonds is 4. The van der Waals surface area contributed by atoms with Gasteiger partial charge in [0.05, 0.1) is 18.9 Å². The molecule has 0 atom stereocenters. The molecule has 0 aliphatic heterocycles. The topological polar surface area (TPSA) is 101 Å². The molecule has 26 heavy (non-hydrogen) atoms. The van der Waals surface area contributed by atoms with Crippen molar-refractivity contribution in [2.45, 2.75) is 19.3 Å². The molecule has 2 aromatic heterocycles. The Labute approximate surface area is 153 Å². The lowest BCUT2D eigenvalue weighted by atomic mass is 10.1. The van der Waals surface area contributed by atoms with Crippen molar-refractivity contribution in [1.29, 1.82) is 0 Å². The standard InChI is InChI=1S/C17H16N6O2S/c1-25-16(24)11-7-5-10(6-8-11)9-18-23-15(21-22-17(23)26)14-12-3-2-4-13(12)19-20-14/h5-9H,2-4H2,1H3,(H,19,20)(H,22,26). The number of hydrogen-bond donors (Lipinski definition) is 2. The summed E-state index contributed by atoms with van der Waals surface area (Å²) >= 11 is 5.29. The molecule has 8 nitrogen and oxygen atoms in total. The Morgan fingerprint density at radius 2 is 2.08 bits per heavy atom. The molecule has 0 amide bonds. The molecule has 132 valence electrons. The number of benzene rings is 1. The highest BCUT2D eigenvalue weighted by Crippen LogP contribution is 2.29. The smallest absolute Gasteiger partial charge is 0.337 e. The Hall–Kier alpha value is -3.07. The van der Waals surface area contributed by atoms with E-state index in [0.29, 0.717) is 16.2 Å². The number of nitrogens with zero attached hydrogens (tertiary/aromatic N) is 4. The van der Waals surface area contributed by atoms with Crippen LogP contribution >= 0.6 is 12.2 Å². The maximum absolute atomic E-state index is 11.5. The number of nitrogens with one attached hydrogen (secondary N) is 2. The molecule has 0 saturated heterocycles. The summed E-state index contributed by atoms with van der Waals surface area (Å²) in [5.41, 5.74) is 4.42. The number of esters is 1. The van der Waals surface area contributed by atoms with Crippen molar-refractivity contribution in [3.8, 4) is 11.5 Å². The number of carbonyl (C=O) groups excluding carboxylic acids is 1. The number of hydrogen-bond acceptors (Lipinski definition) is 6. The summed E-state index contributed by atoms with van der Waals surface area (Å²) in [5, 5.41) is 18.9. The zero-order chi connectivity index (χ0) is 18.1. The van der Waals surface area contributed by atoms with E-state index in [1.165, 1.54) is 12.7 Å². The normalized spacial score (nSPS) is 13.3. The predicted octanol–water partition coefficient (Wildman–Crippen LogP) is 2.49. The zero-order valence-corrected chi connectivity index (χ0v) is 14.8. The number of carbonyl (C=O) groups is 1. The fourth-order valence-electron chi connectivity index (χ4n) is 3.00. The first-order chi connectivity index (χ1) is 12.7. The van der Waals surface area contributed by atoms with Crippen molar-refractivity contribution in [3.63, 3.8) is 0 Å². The van der Waals surface area contributed by atoms with Gasteiger partial charge in [-0.15, -0.1) is 0 Å². The number of aryl methyl sites for hydroxylation is 1. The van der Waals surface area contributed by atoms with Crippen LogP contribution < -0.4 is 0 Å². The largest absolute Gasteiger partial charge is 0.465 e. The van der Waals surface area contributed by atoms with Gasteiger partial charge in [0.2, 0.25) is 10.6 Å². The maximum Gasteiger partial charge on any atom is 0.337 e. The average Bonchev–Trinajstić information content (AvgIpc) is 3.36. The van der Waals surface area contributed by atoms with Crippen LogP contribution in [0.3, 0.4) is 0 Å². The van der Waals surface area contributed by atoms with E-state index in [1.807, 2.05) is 0 Å². The first-order valence-corrected chi connectivity index (χ1v) is 8.55. The first-order valence-electron chi connectivity index (χ1n) is 8.14. The lowest BCUT2D eigenvalue weighted by Crippen LogP contribution is -2.01. The van der Waals surface area contributed by atoms with E-state index in [2.05, 4.69) is 25.5 Å².